The third-order valence-corrected chi connectivity index (χ3v) is 5.23. The average molecular weight is 373 g/mol. The van der Waals surface area contributed by atoms with E-state index >= 15 is 0 Å². The first-order valence-electron chi connectivity index (χ1n) is 9.10. The lowest BCUT2D eigenvalue weighted by Gasteiger charge is -2.35. The molecule has 1 unspecified atom stereocenters. The number of nitrogens with zero attached hydrogens (tertiary/aromatic N) is 1. The Morgan fingerprint density at radius 3 is 2.54 bits per heavy atom. The molecule has 0 aromatic heterocycles. The highest BCUT2D eigenvalue weighted by molar-refractivity contribution is 6.33. The molecular weight excluding hydrogens is 348 g/mol. The predicted octanol–water partition coefficient (Wildman–Crippen LogP) is 4.31. The van der Waals surface area contributed by atoms with Crippen LogP contribution in [0.1, 0.15) is 41.2 Å². The van der Waals surface area contributed by atoms with Crippen LogP contribution in [0.3, 0.4) is 0 Å². The fourth-order valence-corrected chi connectivity index (χ4v) is 3.76. The molecule has 0 radical (unpaired) electrons. The van der Waals surface area contributed by atoms with Crippen LogP contribution in [0.25, 0.3) is 0 Å². The number of ether oxygens (including phenoxy) is 1. The first-order valence-corrected chi connectivity index (χ1v) is 9.48. The van der Waals surface area contributed by atoms with Gasteiger partial charge in [0.25, 0.3) is 5.91 Å². The van der Waals surface area contributed by atoms with E-state index in [1.807, 2.05) is 30.3 Å². The van der Waals surface area contributed by atoms with Gasteiger partial charge in [0, 0.05) is 12.1 Å². The second-order valence-corrected chi connectivity index (χ2v) is 6.95. The average Bonchev–Trinajstić information content (AvgIpc) is 2.69. The number of benzene rings is 2. The quantitative estimate of drug-likeness (QED) is 0.821. The molecule has 2 aromatic carbocycles. The van der Waals surface area contributed by atoms with Gasteiger partial charge in [-0.2, -0.15) is 0 Å². The fraction of sp³-hybridized carbons (Fsp3) is 0.381. The predicted molar refractivity (Wildman–Crippen MR) is 105 cm³/mol. The van der Waals surface area contributed by atoms with E-state index in [0.29, 0.717) is 17.1 Å². The summed E-state index contributed by atoms with van der Waals surface area (Å²) in [5.41, 5.74) is 1.61. The third kappa shape index (κ3) is 4.37. The molecule has 5 heteroatoms. The van der Waals surface area contributed by atoms with Crippen molar-refractivity contribution in [1.29, 1.82) is 0 Å². The number of nitrogens with one attached hydrogen (secondary N) is 1. The zero-order valence-electron chi connectivity index (χ0n) is 15.1. The molecule has 1 saturated heterocycles. The number of carbonyl (C=O) groups is 1. The van der Waals surface area contributed by atoms with Crippen molar-refractivity contribution in [2.45, 2.75) is 25.3 Å². The largest absolute Gasteiger partial charge is 0.496 e. The Hall–Kier alpha value is -2.04. The maximum absolute atomic E-state index is 12.6. The Kier molecular flexibility index (Phi) is 6.53. The Balaban J connectivity index is 1.80. The molecule has 0 saturated carbocycles. The van der Waals surface area contributed by atoms with Crippen LogP contribution in [-0.4, -0.2) is 37.6 Å². The van der Waals surface area contributed by atoms with E-state index in [1.54, 1.807) is 19.2 Å². The lowest BCUT2D eigenvalue weighted by atomic mass is 10.0. The molecule has 3 rings (SSSR count). The molecule has 1 fully saturated rings. The minimum atomic E-state index is -0.146. The number of likely N-dealkylation sites (tertiary alicyclic amines) is 1. The molecule has 1 N–H and O–H groups in total. The van der Waals surface area contributed by atoms with Crippen molar-refractivity contribution in [2.24, 2.45) is 0 Å². The summed E-state index contributed by atoms with van der Waals surface area (Å²) < 4.78 is 5.57. The van der Waals surface area contributed by atoms with Gasteiger partial charge in [-0.05, 0) is 44.1 Å². The lowest BCUT2D eigenvalue weighted by molar-refractivity contribution is 0.0923. The Morgan fingerprint density at radius 1 is 1.12 bits per heavy atom. The number of amides is 1. The van der Waals surface area contributed by atoms with Gasteiger partial charge in [-0.15, -0.1) is 0 Å². The number of halogens is 1. The molecule has 2 aromatic rings. The number of hydrogen-bond acceptors (Lipinski definition) is 3. The van der Waals surface area contributed by atoms with Gasteiger partial charge in [0.2, 0.25) is 0 Å². The summed E-state index contributed by atoms with van der Waals surface area (Å²) in [5.74, 6) is 0.711. The second-order valence-electron chi connectivity index (χ2n) is 6.54. The maximum atomic E-state index is 12.6. The zero-order valence-corrected chi connectivity index (χ0v) is 15.8. The lowest BCUT2D eigenvalue weighted by Crippen LogP contribution is -2.40. The summed E-state index contributed by atoms with van der Waals surface area (Å²) in [7, 11) is 1.69. The van der Waals surface area contributed by atoms with Crippen molar-refractivity contribution < 1.29 is 9.53 Å². The van der Waals surface area contributed by atoms with Gasteiger partial charge in [0.1, 0.15) is 5.75 Å². The number of para-hydroxylation sites is 1. The second kappa shape index (κ2) is 9.06. The SMILES string of the molecule is COc1ccccc1C(CNC(=O)c1ccccc1Cl)N1CCCCC1. The van der Waals surface area contributed by atoms with Gasteiger partial charge >= 0.3 is 0 Å². The van der Waals surface area contributed by atoms with Crippen molar-refractivity contribution in [3.63, 3.8) is 0 Å². The van der Waals surface area contributed by atoms with Gasteiger partial charge in [0.15, 0.2) is 0 Å². The minimum absolute atomic E-state index is 0.0814. The van der Waals surface area contributed by atoms with E-state index in [0.717, 1.165) is 24.4 Å². The molecule has 1 atom stereocenters. The van der Waals surface area contributed by atoms with Gasteiger partial charge in [0.05, 0.1) is 23.7 Å². The van der Waals surface area contributed by atoms with E-state index in [4.69, 9.17) is 16.3 Å². The van der Waals surface area contributed by atoms with Crippen LogP contribution in [0.15, 0.2) is 48.5 Å². The summed E-state index contributed by atoms with van der Waals surface area (Å²) in [6.07, 6.45) is 3.63. The number of hydrogen-bond donors (Lipinski definition) is 1. The van der Waals surface area contributed by atoms with Crippen LogP contribution >= 0.6 is 11.6 Å². The molecule has 0 aliphatic carbocycles. The standard InChI is InChI=1S/C21H25ClN2O2/c1-26-20-12-6-4-10-17(20)19(24-13-7-2-8-14-24)15-23-21(25)16-9-3-5-11-18(16)22/h3-6,9-12,19H,2,7-8,13-15H2,1H3,(H,23,25). The zero-order chi connectivity index (χ0) is 18.4. The summed E-state index contributed by atoms with van der Waals surface area (Å²) in [4.78, 5) is 15.0. The molecule has 0 spiro atoms. The maximum Gasteiger partial charge on any atom is 0.252 e. The first kappa shape index (κ1) is 18.7. The van der Waals surface area contributed by atoms with Crippen LogP contribution in [0.5, 0.6) is 5.75 Å². The molecule has 1 heterocycles. The monoisotopic (exact) mass is 372 g/mol. The normalized spacial score (nSPS) is 16.1. The van der Waals surface area contributed by atoms with Gasteiger partial charge < -0.3 is 10.1 Å². The van der Waals surface area contributed by atoms with Crippen molar-refractivity contribution in [3.8, 4) is 5.75 Å². The molecule has 0 bridgehead atoms. The molecule has 1 aliphatic heterocycles. The van der Waals surface area contributed by atoms with E-state index in [2.05, 4.69) is 16.3 Å². The van der Waals surface area contributed by atoms with Crippen molar-refractivity contribution in [2.75, 3.05) is 26.7 Å². The molecular formula is C21H25ClN2O2. The number of carbonyl (C=O) groups excluding carboxylic acids is 1. The van der Waals surface area contributed by atoms with E-state index in [9.17, 15) is 4.79 Å². The Morgan fingerprint density at radius 2 is 1.81 bits per heavy atom. The van der Waals surface area contributed by atoms with Crippen LogP contribution in [0.2, 0.25) is 5.02 Å². The summed E-state index contributed by atoms with van der Waals surface area (Å²) in [6.45, 7) is 2.58. The number of rotatable bonds is 6. The van der Waals surface area contributed by atoms with E-state index in [-0.39, 0.29) is 11.9 Å². The van der Waals surface area contributed by atoms with Crippen LogP contribution in [0, 0.1) is 0 Å². The van der Waals surface area contributed by atoms with E-state index < -0.39 is 0 Å². The highest BCUT2D eigenvalue weighted by Crippen LogP contribution is 2.31. The van der Waals surface area contributed by atoms with Crippen LogP contribution in [0.4, 0.5) is 0 Å². The number of methoxy groups -OCH3 is 1. The highest BCUT2D eigenvalue weighted by Gasteiger charge is 2.25. The highest BCUT2D eigenvalue weighted by atomic mass is 35.5. The van der Waals surface area contributed by atoms with Gasteiger partial charge in [-0.25, -0.2) is 0 Å². The Bertz CT molecular complexity index is 744. The fourth-order valence-electron chi connectivity index (χ4n) is 3.54. The summed E-state index contributed by atoms with van der Waals surface area (Å²) >= 11 is 6.16. The van der Waals surface area contributed by atoms with Crippen LogP contribution < -0.4 is 10.1 Å². The van der Waals surface area contributed by atoms with Crippen molar-refractivity contribution in [1.82, 2.24) is 10.2 Å². The van der Waals surface area contributed by atoms with Crippen molar-refractivity contribution >= 4 is 17.5 Å². The first-order chi connectivity index (χ1) is 12.7. The molecule has 1 aliphatic rings. The molecule has 26 heavy (non-hydrogen) atoms. The van der Waals surface area contributed by atoms with Gasteiger partial charge in [-0.3, -0.25) is 9.69 Å². The van der Waals surface area contributed by atoms with Gasteiger partial charge in [-0.1, -0.05) is 48.4 Å². The topological polar surface area (TPSA) is 41.6 Å². The smallest absolute Gasteiger partial charge is 0.252 e. The number of piperidine rings is 1. The Labute approximate surface area is 160 Å². The molecule has 1 amide bonds. The van der Waals surface area contributed by atoms with Crippen molar-refractivity contribution in [3.05, 3.63) is 64.7 Å². The summed E-state index contributed by atoms with van der Waals surface area (Å²) in [5, 5.41) is 3.54. The third-order valence-electron chi connectivity index (χ3n) is 4.90. The molecule has 138 valence electrons. The minimum Gasteiger partial charge on any atom is -0.496 e. The molecule has 4 nitrogen and oxygen atoms in total. The summed E-state index contributed by atoms with van der Waals surface area (Å²) in [6, 6.07) is 15.3. The van der Waals surface area contributed by atoms with E-state index in [1.165, 1.54) is 19.3 Å². The van der Waals surface area contributed by atoms with Crippen LogP contribution in [-0.2, 0) is 0 Å².